The lowest BCUT2D eigenvalue weighted by atomic mass is 10.1. The van der Waals surface area contributed by atoms with E-state index in [2.05, 4.69) is 5.32 Å². The molecule has 2 aromatic rings. The summed E-state index contributed by atoms with van der Waals surface area (Å²) in [5, 5.41) is 3.21. The summed E-state index contributed by atoms with van der Waals surface area (Å²) in [6.45, 7) is 7.55. The number of anilines is 1. The van der Waals surface area contributed by atoms with Crippen molar-refractivity contribution in [1.29, 1.82) is 0 Å². The number of carbonyl (C=O) groups is 2. The minimum absolute atomic E-state index is 0.169. The van der Waals surface area contributed by atoms with Gasteiger partial charge in [0.15, 0.2) is 0 Å². The summed E-state index contributed by atoms with van der Waals surface area (Å²) in [5.74, 6) is -0.528. The minimum Gasteiger partial charge on any atom is -0.354 e. The largest absolute Gasteiger partial charge is 0.354 e. The molecule has 0 bridgehead atoms. The van der Waals surface area contributed by atoms with Gasteiger partial charge in [0, 0.05) is 18.1 Å². The highest BCUT2D eigenvalue weighted by atomic mass is 35.5. The quantitative estimate of drug-likeness (QED) is 0.547. The number of benzene rings is 2. The first kappa shape index (κ1) is 26.7. The standard InChI is InChI=1S/C24H32ClN3O4S/c1-17(2)14-26-24(30)19(4)27(15-20-9-7-6-8-10-20)23(29)16-28(33(5,31)32)22-13-21(25)12-11-18(22)3/h6-13,17,19H,14-16H2,1-5H3,(H,26,30)/t19-/m1/s1. The van der Waals surface area contributed by atoms with Crippen molar-refractivity contribution in [2.24, 2.45) is 5.92 Å². The van der Waals surface area contributed by atoms with Crippen LogP contribution in [0.2, 0.25) is 5.02 Å². The lowest BCUT2D eigenvalue weighted by molar-refractivity contribution is -0.139. The molecule has 7 nitrogen and oxygen atoms in total. The van der Waals surface area contributed by atoms with Crippen molar-refractivity contribution in [2.45, 2.75) is 40.3 Å². The van der Waals surface area contributed by atoms with Crippen molar-refractivity contribution in [2.75, 3.05) is 23.7 Å². The first-order valence-corrected chi connectivity index (χ1v) is 13.0. The van der Waals surface area contributed by atoms with Gasteiger partial charge in [0.1, 0.15) is 12.6 Å². The molecule has 2 rings (SSSR count). The van der Waals surface area contributed by atoms with E-state index in [-0.39, 0.29) is 18.4 Å². The summed E-state index contributed by atoms with van der Waals surface area (Å²) in [5.41, 5.74) is 1.82. The van der Waals surface area contributed by atoms with E-state index in [9.17, 15) is 18.0 Å². The number of amides is 2. The monoisotopic (exact) mass is 493 g/mol. The second-order valence-electron chi connectivity index (χ2n) is 8.52. The number of rotatable bonds is 10. The Kier molecular flexibility index (Phi) is 9.31. The molecule has 0 heterocycles. The van der Waals surface area contributed by atoms with E-state index >= 15 is 0 Å². The maximum absolute atomic E-state index is 13.5. The van der Waals surface area contributed by atoms with E-state index in [1.807, 2.05) is 44.2 Å². The molecule has 0 aliphatic rings. The van der Waals surface area contributed by atoms with E-state index in [1.165, 1.54) is 11.0 Å². The molecule has 33 heavy (non-hydrogen) atoms. The van der Waals surface area contributed by atoms with Crippen LogP contribution in [0.25, 0.3) is 0 Å². The van der Waals surface area contributed by atoms with Crippen LogP contribution in [0.5, 0.6) is 0 Å². The van der Waals surface area contributed by atoms with Gasteiger partial charge in [0.05, 0.1) is 11.9 Å². The molecule has 180 valence electrons. The first-order chi connectivity index (χ1) is 15.4. The van der Waals surface area contributed by atoms with Gasteiger partial charge in [-0.15, -0.1) is 0 Å². The number of sulfonamides is 1. The Morgan fingerprint density at radius 3 is 2.27 bits per heavy atom. The highest BCUT2D eigenvalue weighted by Gasteiger charge is 2.30. The third-order valence-corrected chi connectivity index (χ3v) is 6.53. The molecule has 1 N–H and O–H groups in total. The smallest absolute Gasteiger partial charge is 0.244 e. The Bertz CT molecular complexity index is 1070. The van der Waals surface area contributed by atoms with E-state index in [0.717, 1.165) is 16.1 Å². The predicted molar refractivity (Wildman–Crippen MR) is 133 cm³/mol. The average molecular weight is 494 g/mol. The molecule has 1 atom stereocenters. The van der Waals surface area contributed by atoms with Crippen molar-refractivity contribution in [3.05, 3.63) is 64.7 Å². The molecule has 2 aromatic carbocycles. The molecular formula is C24H32ClN3O4S. The summed E-state index contributed by atoms with van der Waals surface area (Å²) in [6, 6.07) is 13.4. The normalized spacial score (nSPS) is 12.3. The van der Waals surface area contributed by atoms with Crippen LogP contribution in [0.3, 0.4) is 0 Å². The van der Waals surface area contributed by atoms with Crippen LogP contribution in [0.1, 0.15) is 31.9 Å². The molecule has 0 fully saturated rings. The molecule has 0 radical (unpaired) electrons. The summed E-state index contributed by atoms with van der Waals surface area (Å²) in [7, 11) is -3.80. The molecule has 0 aliphatic heterocycles. The SMILES string of the molecule is Cc1ccc(Cl)cc1N(CC(=O)N(Cc1ccccc1)[C@H](C)C(=O)NCC(C)C)S(C)(=O)=O. The average Bonchev–Trinajstić information content (AvgIpc) is 2.75. The fraction of sp³-hybridized carbons (Fsp3) is 0.417. The summed E-state index contributed by atoms with van der Waals surface area (Å²) >= 11 is 6.10. The number of halogens is 1. The summed E-state index contributed by atoms with van der Waals surface area (Å²) < 4.78 is 26.3. The van der Waals surface area contributed by atoms with Gasteiger partial charge in [0.25, 0.3) is 0 Å². The van der Waals surface area contributed by atoms with Gasteiger partial charge in [-0.1, -0.05) is 61.8 Å². The number of nitrogens with zero attached hydrogens (tertiary/aromatic N) is 2. The molecule has 0 unspecified atom stereocenters. The zero-order valence-corrected chi connectivity index (χ0v) is 21.3. The third-order valence-electron chi connectivity index (χ3n) is 5.17. The second-order valence-corrected chi connectivity index (χ2v) is 10.9. The highest BCUT2D eigenvalue weighted by Crippen LogP contribution is 2.26. The lowest BCUT2D eigenvalue weighted by Gasteiger charge is -2.32. The highest BCUT2D eigenvalue weighted by molar-refractivity contribution is 7.92. The van der Waals surface area contributed by atoms with Crippen molar-refractivity contribution < 1.29 is 18.0 Å². The van der Waals surface area contributed by atoms with E-state index in [4.69, 9.17) is 11.6 Å². The maximum Gasteiger partial charge on any atom is 0.244 e. The Labute approximate surface area is 201 Å². The molecule has 0 saturated heterocycles. The van der Waals surface area contributed by atoms with Gasteiger partial charge in [-0.05, 0) is 43.0 Å². The Morgan fingerprint density at radius 2 is 1.70 bits per heavy atom. The van der Waals surface area contributed by atoms with E-state index < -0.39 is 28.5 Å². The van der Waals surface area contributed by atoms with Crippen molar-refractivity contribution in [3.63, 3.8) is 0 Å². The van der Waals surface area contributed by atoms with Gasteiger partial charge in [0.2, 0.25) is 21.8 Å². The van der Waals surface area contributed by atoms with Crippen LogP contribution < -0.4 is 9.62 Å². The molecule has 0 spiro atoms. The molecule has 0 saturated carbocycles. The van der Waals surface area contributed by atoms with Crippen LogP contribution in [0, 0.1) is 12.8 Å². The predicted octanol–water partition coefficient (Wildman–Crippen LogP) is 3.60. The van der Waals surface area contributed by atoms with Crippen LogP contribution >= 0.6 is 11.6 Å². The molecule has 9 heteroatoms. The molecular weight excluding hydrogens is 462 g/mol. The Balaban J connectivity index is 2.38. The van der Waals surface area contributed by atoms with Gasteiger partial charge in [-0.25, -0.2) is 8.42 Å². The van der Waals surface area contributed by atoms with Crippen LogP contribution in [0.15, 0.2) is 48.5 Å². The third kappa shape index (κ3) is 7.75. The number of aryl methyl sites for hydroxylation is 1. The maximum atomic E-state index is 13.5. The topological polar surface area (TPSA) is 86.8 Å². The van der Waals surface area contributed by atoms with Gasteiger partial charge >= 0.3 is 0 Å². The van der Waals surface area contributed by atoms with Crippen molar-refractivity contribution in [1.82, 2.24) is 10.2 Å². The van der Waals surface area contributed by atoms with Crippen LogP contribution in [-0.2, 0) is 26.2 Å². The lowest BCUT2D eigenvalue weighted by Crippen LogP contribution is -2.51. The Hall–Kier alpha value is -2.58. The van der Waals surface area contributed by atoms with Crippen LogP contribution in [0.4, 0.5) is 5.69 Å². The van der Waals surface area contributed by atoms with Crippen LogP contribution in [-0.4, -0.2) is 50.5 Å². The first-order valence-electron chi connectivity index (χ1n) is 10.7. The molecule has 0 aromatic heterocycles. The number of hydrogen-bond acceptors (Lipinski definition) is 4. The van der Waals surface area contributed by atoms with E-state index in [0.29, 0.717) is 22.8 Å². The summed E-state index contributed by atoms with van der Waals surface area (Å²) in [6.07, 6.45) is 1.04. The zero-order chi connectivity index (χ0) is 24.8. The number of hydrogen-bond donors (Lipinski definition) is 1. The molecule has 0 aliphatic carbocycles. The molecule has 2 amide bonds. The Morgan fingerprint density at radius 1 is 1.06 bits per heavy atom. The number of nitrogens with one attached hydrogen (secondary N) is 1. The van der Waals surface area contributed by atoms with Gasteiger partial charge in [-0.3, -0.25) is 13.9 Å². The van der Waals surface area contributed by atoms with Crippen molar-refractivity contribution in [3.8, 4) is 0 Å². The van der Waals surface area contributed by atoms with Gasteiger partial charge < -0.3 is 10.2 Å². The fourth-order valence-electron chi connectivity index (χ4n) is 3.26. The van der Waals surface area contributed by atoms with Crippen molar-refractivity contribution >= 4 is 39.1 Å². The van der Waals surface area contributed by atoms with E-state index in [1.54, 1.807) is 26.0 Å². The second kappa shape index (κ2) is 11.5. The minimum atomic E-state index is -3.80. The zero-order valence-electron chi connectivity index (χ0n) is 19.7. The van der Waals surface area contributed by atoms with Gasteiger partial charge in [-0.2, -0.15) is 0 Å². The summed E-state index contributed by atoms with van der Waals surface area (Å²) in [4.78, 5) is 27.7. The fourth-order valence-corrected chi connectivity index (χ4v) is 4.33. The number of carbonyl (C=O) groups excluding carboxylic acids is 2.